The maximum absolute atomic E-state index is 9.34. The van der Waals surface area contributed by atoms with Crippen LogP contribution in [0.5, 0.6) is 0 Å². The number of aliphatic hydroxyl groups excluding tert-OH is 1. The number of aliphatic hydroxyl groups is 1. The van der Waals surface area contributed by atoms with Crippen molar-refractivity contribution in [1.29, 1.82) is 0 Å². The fourth-order valence-electron chi connectivity index (χ4n) is 2.40. The van der Waals surface area contributed by atoms with Gasteiger partial charge in [-0.1, -0.05) is 6.92 Å². The Bertz CT molecular complexity index is 204. The number of hydrogen-bond donors (Lipinski definition) is 3. The lowest BCUT2D eigenvalue weighted by atomic mass is 10.1. The Balaban J connectivity index is 2.06. The van der Waals surface area contributed by atoms with Crippen molar-refractivity contribution in [3.05, 3.63) is 0 Å². The Kier molecular flexibility index (Phi) is 3.29. The van der Waals surface area contributed by atoms with Crippen molar-refractivity contribution in [3.8, 4) is 0 Å². The molecule has 4 atom stereocenters. The average Bonchev–Trinajstić information content (AvgIpc) is 2.54. The van der Waals surface area contributed by atoms with Crippen LogP contribution in [0.4, 0.5) is 0 Å². The second-order valence-electron chi connectivity index (χ2n) is 4.04. The van der Waals surface area contributed by atoms with Gasteiger partial charge in [0.15, 0.2) is 0 Å². The molecule has 2 aliphatic rings. The van der Waals surface area contributed by atoms with E-state index in [0.29, 0.717) is 6.04 Å². The monoisotopic (exact) mass is 219 g/mol. The Morgan fingerprint density at radius 3 is 3.00 bits per heavy atom. The van der Waals surface area contributed by atoms with Crippen LogP contribution in [0.3, 0.4) is 0 Å². The summed E-state index contributed by atoms with van der Waals surface area (Å²) in [6.07, 6.45) is 1.24. The van der Waals surface area contributed by atoms with Gasteiger partial charge in [-0.15, -0.1) is 11.6 Å². The number of nitrogens with one attached hydrogen (secondary N) is 2. The largest absolute Gasteiger partial charge is 0.395 e. The van der Waals surface area contributed by atoms with Crippen LogP contribution in [-0.4, -0.2) is 53.5 Å². The maximum atomic E-state index is 9.34. The zero-order valence-corrected chi connectivity index (χ0v) is 9.17. The van der Waals surface area contributed by atoms with Crippen molar-refractivity contribution >= 4 is 11.6 Å². The van der Waals surface area contributed by atoms with Crippen molar-refractivity contribution in [2.45, 2.75) is 37.1 Å². The topological polar surface area (TPSA) is 47.5 Å². The molecule has 2 fully saturated rings. The van der Waals surface area contributed by atoms with E-state index in [1.165, 1.54) is 0 Å². The van der Waals surface area contributed by atoms with Gasteiger partial charge < -0.3 is 5.11 Å². The molecular formula is C9H18ClN3O. The van der Waals surface area contributed by atoms with E-state index in [-0.39, 0.29) is 24.3 Å². The van der Waals surface area contributed by atoms with Crippen molar-refractivity contribution in [2.75, 3.05) is 19.7 Å². The van der Waals surface area contributed by atoms with Crippen LogP contribution in [0.25, 0.3) is 0 Å². The highest BCUT2D eigenvalue weighted by atomic mass is 35.5. The third-order valence-corrected chi connectivity index (χ3v) is 3.45. The molecule has 82 valence electrons. The first-order valence-electron chi connectivity index (χ1n) is 5.26. The third-order valence-electron chi connectivity index (χ3n) is 3.16. The maximum Gasteiger partial charge on any atom is 0.115 e. The molecule has 2 heterocycles. The number of alkyl halides is 1. The third kappa shape index (κ3) is 1.77. The standard InChI is InChI=1S/C9H18ClN3O/c1-2-7-8(5-14)13-4-6(10)3-11-9(13)12-7/h6-9,11-12,14H,2-5H2,1H3. The van der Waals surface area contributed by atoms with E-state index in [9.17, 15) is 5.11 Å². The zero-order valence-electron chi connectivity index (χ0n) is 8.41. The molecule has 2 rings (SSSR count). The summed E-state index contributed by atoms with van der Waals surface area (Å²) in [5.74, 6) is 0. The van der Waals surface area contributed by atoms with Gasteiger partial charge in [-0.2, -0.15) is 0 Å². The molecule has 4 nitrogen and oxygen atoms in total. The van der Waals surface area contributed by atoms with Crippen LogP contribution < -0.4 is 10.6 Å². The van der Waals surface area contributed by atoms with Gasteiger partial charge in [0.05, 0.1) is 18.0 Å². The van der Waals surface area contributed by atoms with Crippen LogP contribution in [0.15, 0.2) is 0 Å². The molecular weight excluding hydrogens is 202 g/mol. The first-order chi connectivity index (χ1) is 6.76. The molecule has 0 saturated carbocycles. The Morgan fingerprint density at radius 1 is 1.57 bits per heavy atom. The second kappa shape index (κ2) is 4.33. The Hall–Kier alpha value is 0.130. The van der Waals surface area contributed by atoms with E-state index >= 15 is 0 Å². The number of rotatable bonds is 2. The van der Waals surface area contributed by atoms with Crippen LogP contribution in [-0.2, 0) is 0 Å². The van der Waals surface area contributed by atoms with E-state index in [0.717, 1.165) is 19.5 Å². The van der Waals surface area contributed by atoms with E-state index < -0.39 is 0 Å². The predicted molar refractivity (Wildman–Crippen MR) is 56.2 cm³/mol. The summed E-state index contributed by atoms with van der Waals surface area (Å²) >= 11 is 6.08. The van der Waals surface area contributed by atoms with Gasteiger partial charge in [0.25, 0.3) is 0 Å². The molecule has 0 bridgehead atoms. The molecule has 14 heavy (non-hydrogen) atoms. The smallest absolute Gasteiger partial charge is 0.115 e. The summed E-state index contributed by atoms with van der Waals surface area (Å²) in [6, 6.07) is 0.582. The van der Waals surface area contributed by atoms with E-state index in [1.807, 2.05) is 0 Å². The summed E-state index contributed by atoms with van der Waals surface area (Å²) in [7, 11) is 0. The van der Waals surface area contributed by atoms with Crippen LogP contribution in [0, 0.1) is 0 Å². The van der Waals surface area contributed by atoms with E-state index in [4.69, 9.17) is 11.6 Å². The zero-order chi connectivity index (χ0) is 10.1. The summed E-state index contributed by atoms with van der Waals surface area (Å²) < 4.78 is 0. The fourth-order valence-corrected chi connectivity index (χ4v) is 2.65. The molecule has 0 spiro atoms. The predicted octanol–water partition coefficient (Wildman–Crippen LogP) is -0.475. The van der Waals surface area contributed by atoms with E-state index in [1.54, 1.807) is 0 Å². The number of hydrogen-bond acceptors (Lipinski definition) is 4. The number of fused-ring (bicyclic) bond motifs is 1. The van der Waals surface area contributed by atoms with Gasteiger partial charge in [-0.25, -0.2) is 0 Å². The summed E-state index contributed by atoms with van der Waals surface area (Å²) in [5.41, 5.74) is 0. The van der Waals surface area contributed by atoms with E-state index in [2.05, 4.69) is 22.5 Å². The molecule has 4 unspecified atom stereocenters. The molecule has 3 N–H and O–H groups in total. The molecule has 0 aromatic rings. The van der Waals surface area contributed by atoms with Crippen LogP contribution >= 0.6 is 11.6 Å². The summed E-state index contributed by atoms with van der Waals surface area (Å²) in [5, 5.41) is 16.3. The van der Waals surface area contributed by atoms with Gasteiger partial charge >= 0.3 is 0 Å². The highest BCUT2D eigenvalue weighted by Crippen LogP contribution is 2.21. The normalized spacial score (nSPS) is 43.9. The van der Waals surface area contributed by atoms with Gasteiger partial charge in [0.2, 0.25) is 0 Å². The van der Waals surface area contributed by atoms with Crippen LogP contribution in [0.2, 0.25) is 0 Å². The number of halogens is 1. The average molecular weight is 220 g/mol. The summed E-state index contributed by atoms with van der Waals surface area (Å²) in [4.78, 5) is 2.23. The van der Waals surface area contributed by atoms with Gasteiger partial charge in [-0.05, 0) is 6.42 Å². The van der Waals surface area contributed by atoms with Gasteiger partial charge in [-0.3, -0.25) is 15.5 Å². The minimum absolute atomic E-state index is 0.151. The lowest BCUT2D eigenvalue weighted by Crippen LogP contribution is -2.58. The first-order valence-corrected chi connectivity index (χ1v) is 5.70. The fraction of sp³-hybridized carbons (Fsp3) is 1.00. The van der Waals surface area contributed by atoms with Gasteiger partial charge in [0.1, 0.15) is 6.29 Å². The molecule has 0 aromatic carbocycles. The molecule has 0 aliphatic carbocycles. The highest BCUT2D eigenvalue weighted by molar-refractivity contribution is 6.21. The number of nitrogens with zero attached hydrogens (tertiary/aromatic N) is 1. The minimum Gasteiger partial charge on any atom is -0.395 e. The molecule has 2 aliphatic heterocycles. The van der Waals surface area contributed by atoms with Crippen LogP contribution in [0.1, 0.15) is 13.3 Å². The van der Waals surface area contributed by atoms with Crippen molar-refractivity contribution in [1.82, 2.24) is 15.5 Å². The Labute approximate surface area is 89.6 Å². The first kappa shape index (κ1) is 10.6. The quantitative estimate of drug-likeness (QED) is 0.550. The lowest BCUT2D eigenvalue weighted by Gasteiger charge is -2.35. The minimum atomic E-state index is 0.151. The molecule has 0 amide bonds. The molecule has 0 aromatic heterocycles. The molecule has 5 heteroatoms. The van der Waals surface area contributed by atoms with Gasteiger partial charge in [0, 0.05) is 19.1 Å². The Morgan fingerprint density at radius 2 is 2.36 bits per heavy atom. The van der Waals surface area contributed by atoms with Crippen molar-refractivity contribution in [3.63, 3.8) is 0 Å². The summed E-state index contributed by atoms with van der Waals surface area (Å²) in [6.45, 7) is 4.03. The second-order valence-corrected chi connectivity index (χ2v) is 4.65. The SMILES string of the molecule is CCC1NC2NCC(Cl)CN2C1CO. The lowest BCUT2D eigenvalue weighted by molar-refractivity contribution is 0.0894. The molecule has 2 saturated heterocycles. The van der Waals surface area contributed by atoms with Crippen molar-refractivity contribution in [2.24, 2.45) is 0 Å². The molecule has 0 radical (unpaired) electrons. The highest BCUT2D eigenvalue weighted by Gasteiger charge is 2.41. The van der Waals surface area contributed by atoms with Crippen molar-refractivity contribution < 1.29 is 5.11 Å².